The van der Waals surface area contributed by atoms with Crippen LogP contribution in [-0.4, -0.2) is 27.8 Å². The van der Waals surface area contributed by atoms with Crippen molar-refractivity contribution in [3.05, 3.63) is 95.8 Å². The number of aromatic nitrogens is 1. The summed E-state index contributed by atoms with van der Waals surface area (Å²) in [5, 5.41) is 23.6. The number of aliphatic hydroxyl groups excluding tert-OH is 2. The summed E-state index contributed by atoms with van der Waals surface area (Å²) in [7, 11) is 0. The molecule has 3 N–H and O–H groups in total. The summed E-state index contributed by atoms with van der Waals surface area (Å²) < 4.78 is 5.79. The lowest BCUT2D eigenvalue weighted by Gasteiger charge is -2.17. The number of ether oxygens (including phenoxy) is 1. The smallest absolute Gasteiger partial charge is 0.130 e. The highest BCUT2D eigenvalue weighted by Gasteiger charge is 2.13. The van der Waals surface area contributed by atoms with Gasteiger partial charge < -0.3 is 20.3 Å². The fraction of sp³-hybridized carbons (Fsp3) is 0.261. The number of hydrogen-bond acceptors (Lipinski definition) is 5. The van der Waals surface area contributed by atoms with Crippen LogP contribution in [0.15, 0.2) is 79.0 Å². The highest BCUT2D eigenvalue weighted by molar-refractivity contribution is 5.28. The van der Waals surface area contributed by atoms with Crippen molar-refractivity contribution in [1.29, 1.82) is 0 Å². The second-order valence-corrected chi connectivity index (χ2v) is 6.70. The first-order valence-electron chi connectivity index (χ1n) is 9.44. The van der Waals surface area contributed by atoms with Gasteiger partial charge in [-0.25, -0.2) is 0 Å². The summed E-state index contributed by atoms with van der Waals surface area (Å²) in [6.45, 7) is 1.44. The standard InChI is InChI=1S/C23H26N2O3/c26-21(14-23(27)19-8-2-1-3-9-19)16-24-15-18-7-6-11-22(13-18)28-17-20-10-4-5-12-25-20/h1-13,21,23-24,26-27H,14-17H2. The van der Waals surface area contributed by atoms with Crippen molar-refractivity contribution in [1.82, 2.24) is 10.3 Å². The molecule has 2 aromatic carbocycles. The van der Waals surface area contributed by atoms with Crippen LogP contribution >= 0.6 is 0 Å². The van der Waals surface area contributed by atoms with Crippen molar-refractivity contribution < 1.29 is 14.9 Å². The molecule has 146 valence electrons. The third-order valence-electron chi connectivity index (χ3n) is 4.40. The molecule has 1 heterocycles. The molecule has 0 saturated carbocycles. The molecule has 1 aromatic heterocycles. The van der Waals surface area contributed by atoms with Crippen LogP contribution in [0.25, 0.3) is 0 Å². The maximum atomic E-state index is 10.2. The molecule has 5 heteroatoms. The van der Waals surface area contributed by atoms with Crippen LogP contribution in [-0.2, 0) is 13.2 Å². The highest BCUT2D eigenvalue weighted by atomic mass is 16.5. The Morgan fingerprint density at radius 2 is 1.75 bits per heavy atom. The van der Waals surface area contributed by atoms with Gasteiger partial charge in [-0.15, -0.1) is 0 Å². The van der Waals surface area contributed by atoms with E-state index < -0.39 is 12.2 Å². The molecule has 0 fully saturated rings. The van der Waals surface area contributed by atoms with Crippen LogP contribution in [0.2, 0.25) is 0 Å². The number of rotatable bonds is 10. The molecule has 0 saturated heterocycles. The molecule has 0 aliphatic heterocycles. The molecule has 0 aliphatic carbocycles. The lowest BCUT2D eigenvalue weighted by Crippen LogP contribution is -2.28. The van der Waals surface area contributed by atoms with E-state index in [0.717, 1.165) is 22.6 Å². The second kappa shape index (κ2) is 10.6. The Hall–Kier alpha value is -2.73. The molecular formula is C23H26N2O3. The predicted molar refractivity (Wildman–Crippen MR) is 109 cm³/mol. The molecule has 3 rings (SSSR count). The summed E-state index contributed by atoms with van der Waals surface area (Å²) in [6.07, 6.45) is 0.753. The Bertz CT molecular complexity index is 828. The van der Waals surface area contributed by atoms with Crippen molar-refractivity contribution in [2.75, 3.05) is 6.54 Å². The summed E-state index contributed by atoms with van der Waals surface area (Å²) in [5.74, 6) is 0.782. The lowest BCUT2D eigenvalue weighted by molar-refractivity contribution is 0.0799. The molecule has 5 nitrogen and oxygen atoms in total. The first-order chi connectivity index (χ1) is 13.7. The fourth-order valence-electron chi connectivity index (χ4n) is 2.92. The van der Waals surface area contributed by atoms with Gasteiger partial charge in [0.05, 0.1) is 17.9 Å². The van der Waals surface area contributed by atoms with Crippen LogP contribution in [0.1, 0.15) is 29.3 Å². The summed E-state index contributed by atoms with van der Waals surface area (Å²) >= 11 is 0. The molecule has 0 radical (unpaired) electrons. The molecule has 3 aromatic rings. The number of aliphatic hydroxyl groups is 2. The van der Waals surface area contributed by atoms with Crippen molar-refractivity contribution in [2.45, 2.75) is 31.8 Å². The topological polar surface area (TPSA) is 74.6 Å². The van der Waals surface area contributed by atoms with E-state index in [1.807, 2.05) is 72.8 Å². The molecule has 0 spiro atoms. The molecular weight excluding hydrogens is 352 g/mol. The van der Waals surface area contributed by atoms with Crippen LogP contribution < -0.4 is 10.1 Å². The molecule has 0 amide bonds. The lowest BCUT2D eigenvalue weighted by atomic mass is 10.0. The van der Waals surface area contributed by atoms with Crippen LogP contribution in [0.5, 0.6) is 5.75 Å². The minimum Gasteiger partial charge on any atom is -0.487 e. The van der Waals surface area contributed by atoms with E-state index in [0.29, 0.717) is 26.1 Å². The summed E-state index contributed by atoms with van der Waals surface area (Å²) in [4.78, 5) is 4.25. The number of hydrogen-bond donors (Lipinski definition) is 3. The zero-order valence-electron chi connectivity index (χ0n) is 15.7. The molecule has 2 unspecified atom stereocenters. The van der Waals surface area contributed by atoms with Gasteiger partial charge >= 0.3 is 0 Å². The van der Waals surface area contributed by atoms with Crippen molar-refractivity contribution >= 4 is 0 Å². The highest BCUT2D eigenvalue weighted by Crippen LogP contribution is 2.18. The van der Waals surface area contributed by atoms with E-state index in [1.54, 1.807) is 6.20 Å². The Balaban J connectivity index is 1.42. The first-order valence-corrected chi connectivity index (χ1v) is 9.44. The zero-order valence-corrected chi connectivity index (χ0v) is 15.7. The Morgan fingerprint density at radius 3 is 2.54 bits per heavy atom. The average molecular weight is 378 g/mol. The van der Waals surface area contributed by atoms with E-state index in [2.05, 4.69) is 10.3 Å². The number of nitrogens with one attached hydrogen (secondary N) is 1. The fourth-order valence-corrected chi connectivity index (χ4v) is 2.92. The molecule has 28 heavy (non-hydrogen) atoms. The van der Waals surface area contributed by atoms with Crippen LogP contribution in [0, 0.1) is 0 Å². The van der Waals surface area contributed by atoms with Crippen LogP contribution in [0.4, 0.5) is 0 Å². The van der Waals surface area contributed by atoms with E-state index in [-0.39, 0.29) is 0 Å². The van der Waals surface area contributed by atoms with Gasteiger partial charge in [-0.2, -0.15) is 0 Å². The summed E-state index contributed by atoms with van der Waals surface area (Å²) in [5.41, 5.74) is 2.76. The normalized spacial score (nSPS) is 13.1. The van der Waals surface area contributed by atoms with Gasteiger partial charge in [0.15, 0.2) is 0 Å². The molecule has 0 aliphatic rings. The number of pyridine rings is 1. The monoisotopic (exact) mass is 378 g/mol. The largest absolute Gasteiger partial charge is 0.487 e. The van der Waals surface area contributed by atoms with Gasteiger partial charge in [0.25, 0.3) is 0 Å². The second-order valence-electron chi connectivity index (χ2n) is 6.70. The van der Waals surface area contributed by atoms with Gasteiger partial charge in [0.1, 0.15) is 12.4 Å². The van der Waals surface area contributed by atoms with Gasteiger partial charge in [-0.1, -0.05) is 48.5 Å². The number of nitrogens with zero attached hydrogens (tertiary/aromatic N) is 1. The van der Waals surface area contributed by atoms with Crippen molar-refractivity contribution in [3.63, 3.8) is 0 Å². The van der Waals surface area contributed by atoms with E-state index in [1.165, 1.54) is 0 Å². The van der Waals surface area contributed by atoms with Crippen molar-refractivity contribution in [2.24, 2.45) is 0 Å². The third-order valence-corrected chi connectivity index (χ3v) is 4.40. The Kier molecular flexibility index (Phi) is 7.55. The van der Waals surface area contributed by atoms with E-state index >= 15 is 0 Å². The van der Waals surface area contributed by atoms with Crippen molar-refractivity contribution in [3.8, 4) is 5.75 Å². The maximum Gasteiger partial charge on any atom is 0.130 e. The predicted octanol–water partition coefficient (Wildman–Crippen LogP) is 3.23. The quantitative estimate of drug-likeness (QED) is 0.505. The summed E-state index contributed by atoms with van der Waals surface area (Å²) in [6, 6.07) is 23.0. The van der Waals surface area contributed by atoms with Gasteiger partial charge in [0.2, 0.25) is 0 Å². The third kappa shape index (κ3) is 6.46. The zero-order chi connectivity index (χ0) is 19.6. The van der Waals surface area contributed by atoms with Crippen LogP contribution in [0.3, 0.4) is 0 Å². The average Bonchev–Trinajstić information content (AvgIpc) is 2.74. The Morgan fingerprint density at radius 1 is 0.929 bits per heavy atom. The minimum absolute atomic E-state index is 0.296. The van der Waals surface area contributed by atoms with E-state index in [9.17, 15) is 10.2 Å². The minimum atomic E-state index is -0.665. The first kappa shape index (κ1) is 20.0. The Labute approximate surface area is 165 Å². The number of benzene rings is 2. The maximum absolute atomic E-state index is 10.2. The molecule has 2 atom stereocenters. The SMILES string of the molecule is OC(CNCc1cccc(OCc2ccccn2)c1)CC(O)c1ccccc1. The molecule has 0 bridgehead atoms. The van der Waals surface area contributed by atoms with Gasteiger partial charge in [-0.3, -0.25) is 4.98 Å². The van der Waals surface area contributed by atoms with E-state index in [4.69, 9.17) is 4.74 Å². The van der Waals surface area contributed by atoms with Gasteiger partial charge in [-0.05, 0) is 35.4 Å². The van der Waals surface area contributed by atoms with Gasteiger partial charge in [0, 0.05) is 25.7 Å².